The first-order valence-electron chi connectivity index (χ1n) is 5.61. The number of thiophene rings is 1. The molecule has 3 aromatic rings. The quantitative estimate of drug-likeness (QED) is 0.781. The van der Waals surface area contributed by atoms with Gasteiger partial charge in [0, 0.05) is 11.2 Å². The van der Waals surface area contributed by atoms with E-state index in [9.17, 15) is 4.79 Å². The zero-order chi connectivity index (χ0) is 12.4. The van der Waals surface area contributed by atoms with E-state index in [0.29, 0.717) is 12.3 Å². The van der Waals surface area contributed by atoms with Crippen LogP contribution >= 0.6 is 11.3 Å². The first kappa shape index (κ1) is 11.0. The van der Waals surface area contributed by atoms with Crippen molar-refractivity contribution in [3.8, 4) is 0 Å². The lowest BCUT2D eigenvalue weighted by atomic mass is 10.2. The van der Waals surface area contributed by atoms with Crippen LogP contribution in [0, 0.1) is 0 Å². The molecule has 1 aromatic carbocycles. The third-order valence-electron chi connectivity index (χ3n) is 2.75. The lowest BCUT2D eigenvalue weighted by Gasteiger charge is -2.02. The maximum Gasteiger partial charge on any atom is 0.287 e. The van der Waals surface area contributed by atoms with Crippen LogP contribution in [0.1, 0.15) is 16.1 Å². The third-order valence-corrected chi connectivity index (χ3v) is 3.76. The SMILES string of the molecule is O=C(NCc1csc2ccccc12)c1ccco1. The topological polar surface area (TPSA) is 42.2 Å². The Hall–Kier alpha value is -2.07. The highest BCUT2D eigenvalue weighted by Gasteiger charge is 2.09. The number of amides is 1. The largest absolute Gasteiger partial charge is 0.459 e. The van der Waals surface area contributed by atoms with E-state index < -0.39 is 0 Å². The van der Waals surface area contributed by atoms with Gasteiger partial charge in [-0.15, -0.1) is 11.3 Å². The molecule has 90 valence electrons. The first-order valence-corrected chi connectivity index (χ1v) is 6.49. The second-order valence-corrected chi connectivity index (χ2v) is 4.83. The molecule has 0 radical (unpaired) electrons. The third kappa shape index (κ3) is 2.02. The van der Waals surface area contributed by atoms with Gasteiger partial charge < -0.3 is 9.73 Å². The number of hydrogen-bond acceptors (Lipinski definition) is 3. The monoisotopic (exact) mass is 257 g/mol. The predicted molar refractivity (Wildman–Crippen MR) is 71.7 cm³/mol. The van der Waals surface area contributed by atoms with E-state index in [0.717, 1.165) is 5.56 Å². The van der Waals surface area contributed by atoms with Gasteiger partial charge in [-0.05, 0) is 34.5 Å². The zero-order valence-electron chi connectivity index (χ0n) is 9.55. The highest BCUT2D eigenvalue weighted by atomic mass is 32.1. The molecule has 0 saturated heterocycles. The van der Waals surface area contributed by atoms with E-state index >= 15 is 0 Å². The highest BCUT2D eigenvalue weighted by molar-refractivity contribution is 7.17. The van der Waals surface area contributed by atoms with Crippen molar-refractivity contribution in [2.75, 3.05) is 0 Å². The lowest BCUT2D eigenvalue weighted by molar-refractivity contribution is 0.0923. The Bertz CT molecular complexity index is 670. The number of benzene rings is 1. The molecule has 2 aromatic heterocycles. The van der Waals surface area contributed by atoms with Crippen LogP contribution < -0.4 is 5.32 Å². The van der Waals surface area contributed by atoms with E-state index in [2.05, 4.69) is 22.8 Å². The van der Waals surface area contributed by atoms with E-state index in [1.807, 2.05) is 12.1 Å². The van der Waals surface area contributed by atoms with Gasteiger partial charge >= 0.3 is 0 Å². The Morgan fingerprint density at radius 2 is 2.11 bits per heavy atom. The Balaban J connectivity index is 1.76. The van der Waals surface area contributed by atoms with Crippen molar-refractivity contribution in [1.29, 1.82) is 0 Å². The molecule has 1 amide bonds. The van der Waals surface area contributed by atoms with Gasteiger partial charge in [0.25, 0.3) is 5.91 Å². The van der Waals surface area contributed by atoms with Crippen molar-refractivity contribution < 1.29 is 9.21 Å². The Labute approximate surface area is 108 Å². The average molecular weight is 257 g/mol. The van der Waals surface area contributed by atoms with Gasteiger partial charge in [-0.25, -0.2) is 0 Å². The van der Waals surface area contributed by atoms with Crippen LogP contribution in [0.4, 0.5) is 0 Å². The first-order chi connectivity index (χ1) is 8.84. The van der Waals surface area contributed by atoms with Crippen molar-refractivity contribution in [2.45, 2.75) is 6.54 Å². The highest BCUT2D eigenvalue weighted by Crippen LogP contribution is 2.25. The second-order valence-electron chi connectivity index (χ2n) is 3.92. The number of furan rings is 1. The molecule has 4 heteroatoms. The van der Waals surface area contributed by atoms with Crippen molar-refractivity contribution in [1.82, 2.24) is 5.32 Å². The van der Waals surface area contributed by atoms with Crippen LogP contribution in [0.5, 0.6) is 0 Å². The zero-order valence-corrected chi connectivity index (χ0v) is 10.4. The summed E-state index contributed by atoms with van der Waals surface area (Å²) in [6, 6.07) is 11.5. The number of nitrogens with one attached hydrogen (secondary N) is 1. The summed E-state index contributed by atoms with van der Waals surface area (Å²) in [5, 5.41) is 6.13. The Morgan fingerprint density at radius 3 is 2.94 bits per heavy atom. The fourth-order valence-corrected chi connectivity index (χ4v) is 2.80. The Kier molecular flexibility index (Phi) is 2.86. The molecule has 0 aliphatic carbocycles. The molecule has 2 heterocycles. The van der Waals surface area contributed by atoms with Gasteiger partial charge in [0.05, 0.1) is 6.26 Å². The maximum atomic E-state index is 11.7. The molecule has 1 N–H and O–H groups in total. The van der Waals surface area contributed by atoms with Crippen LogP contribution in [0.2, 0.25) is 0 Å². The fraction of sp³-hybridized carbons (Fsp3) is 0.0714. The standard InChI is InChI=1S/C14H11NO2S/c16-14(12-5-3-7-17-12)15-8-10-9-18-13-6-2-1-4-11(10)13/h1-7,9H,8H2,(H,15,16). The number of carbonyl (C=O) groups is 1. The van der Waals surface area contributed by atoms with Gasteiger partial charge in [0.1, 0.15) is 0 Å². The summed E-state index contributed by atoms with van der Waals surface area (Å²) >= 11 is 1.69. The van der Waals surface area contributed by atoms with Gasteiger partial charge in [0.2, 0.25) is 0 Å². The van der Waals surface area contributed by atoms with Gasteiger partial charge in [-0.2, -0.15) is 0 Å². The molecule has 0 spiro atoms. The van der Waals surface area contributed by atoms with Crippen LogP contribution in [-0.2, 0) is 6.54 Å². The summed E-state index contributed by atoms with van der Waals surface area (Å²) in [5.74, 6) is 0.157. The average Bonchev–Trinajstić information content (AvgIpc) is 3.06. The predicted octanol–water partition coefficient (Wildman–Crippen LogP) is 3.42. The molecule has 0 fully saturated rings. The van der Waals surface area contributed by atoms with Gasteiger partial charge in [-0.1, -0.05) is 18.2 Å². The second kappa shape index (κ2) is 4.66. The molecule has 0 saturated carbocycles. The van der Waals surface area contributed by atoms with E-state index in [4.69, 9.17) is 4.42 Å². The molecule has 3 rings (SSSR count). The number of rotatable bonds is 3. The minimum absolute atomic E-state index is 0.185. The smallest absolute Gasteiger partial charge is 0.287 e. The molecular formula is C14H11NO2S. The molecule has 3 nitrogen and oxygen atoms in total. The van der Waals surface area contributed by atoms with E-state index in [-0.39, 0.29) is 5.91 Å². The van der Waals surface area contributed by atoms with E-state index in [1.165, 1.54) is 16.3 Å². The van der Waals surface area contributed by atoms with Crippen molar-refractivity contribution in [2.24, 2.45) is 0 Å². The van der Waals surface area contributed by atoms with Crippen molar-refractivity contribution >= 4 is 27.3 Å². The molecule has 0 unspecified atom stereocenters. The maximum absolute atomic E-state index is 11.7. The normalized spacial score (nSPS) is 10.7. The molecule has 0 atom stereocenters. The molecule has 18 heavy (non-hydrogen) atoms. The summed E-state index contributed by atoms with van der Waals surface area (Å²) in [6.07, 6.45) is 1.49. The van der Waals surface area contributed by atoms with Crippen molar-refractivity contribution in [3.05, 3.63) is 59.4 Å². The summed E-state index contributed by atoms with van der Waals surface area (Å²) in [4.78, 5) is 11.7. The minimum Gasteiger partial charge on any atom is -0.459 e. The van der Waals surface area contributed by atoms with E-state index in [1.54, 1.807) is 23.5 Å². The number of fused-ring (bicyclic) bond motifs is 1. The molecule has 0 aliphatic rings. The summed E-state index contributed by atoms with van der Waals surface area (Å²) in [5.41, 5.74) is 1.13. The van der Waals surface area contributed by atoms with Crippen LogP contribution in [-0.4, -0.2) is 5.91 Å². The lowest BCUT2D eigenvalue weighted by Crippen LogP contribution is -2.21. The number of hydrogen-bond donors (Lipinski definition) is 1. The van der Waals surface area contributed by atoms with Crippen LogP contribution in [0.3, 0.4) is 0 Å². The summed E-state index contributed by atoms with van der Waals surface area (Å²) < 4.78 is 6.28. The van der Waals surface area contributed by atoms with Crippen LogP contribution in [0.25, 0.3) is 10.1 Å². The Morgan fingerprint density at radius 1 is 1.22 bits per heavy atom. The molecule has 0 bridgehead atoms. The van der Waals surface area contributed by atoms with Gasteiger partial charge in [-0.3, -0.25) is 4.79 Å². The summed E-state index contributed by atoms with van der Waals surface area (Å²) in [6.45, 7) is 0.517. The number of carbonyl (C=O) groups excluding carboxylic acids is 1. The van der Waals surface area contributed by atoms with Gasteiger partial charge in [0.15, 0.2) is 5.76 Å². The molecular weight excluding hydrogens is 246 g/mol. The minimum atomic E-state index is -0.185. The molecule has 0 aliphatic heterocycles. The van der Waals surface area contributed by atoms with Crippen molar-refractivity contribution in [3.63, 3.8) is 0 Å². The summed E-state index contributed by atoms with van der Waals surface area (Å²) in [7, 11) is 0. The van der Waals surface area contributed by atoms with Crippen LogP contribution in [0.15, 0.2) is 52.5 Å². The fourth-order valence-electron chi connectivity index (χ4n) is 1.84.